The van der Waals surface area contributed by atoms with Crippen LogP contribution in [-0.2, 0) is 15.6 Å². The zero-order chi connectivity index (χ0) is 18.1. The number of halogens is 1. The molecule has 1 aromatic heterocycles. The number of piperidine rings is 1. The summed E-state index contributed by atoms with van der Waals surface area (Å²) in [5.74, 6) is 0.691. The molecule has 1 aromatic carbocycles. The fourth-order valence-corrected chi connectivity index (χ4v) is 4.04. The van der Waals surface area contributed by atoms with Crippen molar-refractivity contribution in [3.63, 3.8) is 0 Å². The van der Waals surface area contributed by atoms with Gasteiger partial charge < -0.3 is 10.0 Å². The predicted molar refractivity (Wildman–Crippen MR) is 97.3 cm³/mol. The summed E-state index contributed by atoms with van der Waals surface area (Å²) in [7, 11) is -2.13. The van der Waals surface area contributed by atoms with Gasteiger partial charge in [-0.15, -0.1) is 0 Å². The highest BCUT2D eigenvalue weighted by Gasteiger charge is 2.35. The molecule has 8 heteroatoms. The predicted octanol–water partition coefficient (Wildman–Crippen LogP) is 2.13. The molecule has 1 aliphatic rings. The number of pyridine rings is 1. The molecule has 3 rings (SSSR count). The van der Waals surface area contributed by atoms with Gasteiger partial charge in [0, 0.05) is 29.9 Å². The van der Waals surface area contributed by atoms with Gasteiger partial charge in [0.05, 0.1) is 5.60 Å². The van der Waals surface area contributed by atoms with E-state index in [0.717, 1.165) is 5.56 Å². The van der Waals surface area contributed by atoms with Crippen molar-refractivity contribution in [1.29, 1.82) is 0 Å². The number of sulfonamides is 1. The molecule has 1 fully saturated rings. The minimum absolute atomic E-state index is 0.128. The standard InChI is InChI=1S/C17H20ClN3O3S/c1-19-25(23,24)13-6-7-16(20-12-13)21-10-8-17(22,9-11-21)14-4-2-3-5-15(14)18/h2-7,12,19,22H,8-11H2,1H3. The van der Waals surface area contributed by atoms with Gasteiger partial charge in [-0.05, 0) is 38.1 Å². The summed E-state index contributed by atoms with van der Waals surface area (Å²) in [6, 6.07) is 10.6. The Hall–Kier alpha value is -1.67. The molecule has 0 aliphatic carbocycles. The average Bonchev–Trinajstić information content (AvgIpc) is 2.63. The monoisotopic (exact) mass is 381 g/mol. The maximum absolute atomic E-state index is 11.8. The van der Waals surface area contributed by atoms with Gasteiger partial charge in [0.15, 0.2) is 0 Å². The van der Waals surface area contributed by atoms with E-state index in [0.29, 0.717) is 36.8 Å². The number of benzene rings is 1. The minimum Gasteiger partial charge on any atom is -0.385 e. The smallest absolute Gasteiger partial charge is 0.241 e. The van der Waals surface area contributed by atoms with Gasteiger partial charge in [-0.25, -0.2) is 18.1 Å². The second-order valence-electron chi connectivity index (χ2n) is 6.06. The van der Waals surface area contributed by atoms with Crippen LogP contribution in [0, 0.1) is 0 Å². The molecule has 0 radical (unpaired) electrons. The highest BCUT2D eigenvalue weighted by Crippen LogP contribution is 2.37. The van der Waals surface area contributed by atoms with Crippen LogP contribution in [0.3, 0.4) is 0 Å². The third-order valence-corrected chi connectivity index (χ3v) is 6.32. The van der Waals surface area contributed by atoms with Crippen molar-refractivity contribution in [3.05, 3.63) is 53.2 Å². The SMILES string of the molecule is CNS(=O)(=O)c1ccc(N2CCC(O)(c3ccccc3Cl)CC2)nc1. The van der Waals surface area contributed by atoms with Gasteiger partial charge in [-0.2, -0.15) is 0 Å². The molecule has 0 unspecified atom stereocenters. The molecular weight excluding hydrogens is 362 g/mol. The number of rotatable bonds is 4. The summed E-state index contributed by atoms with van der Waals surface area (Å²) in [4.78, 5) is 6.41. The Kier molecular flexibility index (Phi) is 5.02. The second-order valence-corrected chi connectivity index (χ2v) is 8.35. The molecule has 0 bridgehead atoms. The largest absolute Gasteiger partial charge is 0.385 e. The topological polar surface area (TPSA) is 82.5 Å². The van der Waals surface area contributed by atoms with Gasteiger partial charge in [0.25, 0.3) is 0 Å². The molecule has 0 spiro atoms. The van der Waals surface area contributed by atoms with E-state index in [1.165, 1.54) is 19.3 Å². The third-order valence-electron chi connectivity index (χ3n) is 4.59. The summed E-state index contributed by atoms with van der Waals surface area (Å²) < 4.78 is 25.8. The van der Waals surface area contributed by atoms with E-state index in [2.05, 4.69) is 9.71 Å². The van der Waals surface area contributed by atoms with Crippen molar-refractivity contribution < 1.29 is 13.5 Å². The Morgan fingerprint density at radius 3 is 2.44 bits per heavy atom. The number of nitrogens with zero attached hydrogens (tertiary/aromatic N) is 2. The number of hydrogen-bond donors (Lipinski definition) is 2. The Labute approximate surface area is 152 Å². The van der Waals surface area contributed by atoms with Crippen LogP contribution < -0.4 is 9.62 Å². The molecule has 0 amide bonds. The van der Waals surface area contributed by atoms with E-state index in [1.807, 2.05) is 23.1 Å². The Morgan fingerprint density at radius 2 is 1.88 bits per heavy atom. The molecule has 134 valence electrons. The first-order valence-corrected chi connectivity index (χ1v) is 9.84. The summed E-state index contributed by atoms with van der Waals surface area (Å²) in [6.07, 6.45) is 2.39. The zero-order valence-electron chi connectivity index (χ0n) is 13.8. The summed E-state index contributed by atoms with van der Waals surface area (Å²) in [6.45, 7) is 1.21. The van der Waals surface area contributed by atoms with Gasteiger partial charge in [0.1, 0.15) is 10.7 Å². The van der Waals surface area contributed by atoms with Crippen molar-refractivity contribution >= 4 is 27.4 Å². The number of nitrogens with one attached hydrogen (secondary N) is 1. The van der Waals surface area contributed by atoms with Crippen LogP contribution in [0.15, 0.2) is 47.5 Å². The Balaban J connectivity index is 1.73. The van der Waals surface area contributed by atoms with Crippen molar-refractivity contribution in [2.24, 2.45) is 0 Å². The van der Waals surface area contributed by atoms with E-state index in [4.69, 9.17) is 11.6 Å². The number of hydrogen-bond acceptors (Lipinski definition) is 5. The lowest BCUT2D eigenvalue weighted by Crippen LogP contribution is -2.43. The van der Waals surface area contributed by atoms with E-state index in [-0.39, 0.29) is 4.90 Å². The van der Waals surface area contributed by atoms with Gasteiger partial charge in [-0.1, -0.05) is 29.8 Å². The van der Waals surface area contributed by atoms with Gasteiger partial charge in [0.2, 0.25) is 10.0 Å². The van der Waals surface area contributed by atoms with Crippen LogP contribution in [0.5, 0.6) is 0 Å². The van der Waals surface area contributed by atoms with E-state index in [1.54, 1.807) is 12.1 Å². The van der Waals surface area contributed by atoms with Crippen molar-refractivity contribution in [1.82, 2.24) is 9.71 Å². The lowest BCUT2D eigenvalue weighted by molar-refractivity contribution is 0.0117. The molecule has 2 aromatic rings. The number of aromatic nitrogens is 1. The Bertz CT molecular complexity index is 848. The van der Waals surface area contributed by atoms with E-state index < -0.39 is 15.6 Å². The zero-order valence-corrected chi connectivity index (χ0v) is 15.4. The van der Waals surface area contributed by atoms with Crippen LogP contribution in [0.25, 0.3) is 0 Å². The summed E-state index contributed by atoms with van der Waals surface area (Å²) >= 11 is 6.23. The molecule has 2 N–H and O–H groups in total. The highest BCUT2D eigenvalue weighted by molar-refractivity contribution is 7.89. The fraction of sp³-hybridized carbons (Fsp3) is 0.353. The second kappa shape index (κ2) is 6.92. The van der Waals surface area contributed by atoms with Crippen molar-refractivity contribution in [3.8, 4) is 0 Å². The van der Waals surface area contributed by atoms with Crippen LogP contribution >= 0.6 is 11.6 Å². The first-order valence-electron chi connectivity index (χ1n) is 7.98. The molecule has 25 heavy (non-hydrogen) atoms. The van der Waals surface area contributed by atoms with Crippen LogP contribution in [-0.4, -0.2) is 38.6 Å². The highest BCUT2D eigenvalue weighted by atomic mass is 35.5. The molecular formula is C17H20ClN3O3S. The quantitative estimate of drug-likeness (QED) is 0.847. The fourth-order valence-electron chi connectivity index (χ4n) is 3.05. The molecule has 1 saturated heterocycles. The van der Waals surface area contributed by atoms with E-state index in [9.17, 15) is 13.5 Å². The van der Waals surface area contributed by atoms with Crippen molar-refractivity contribution in [2.75, 3.05) is 25.0 Å². The lowest BCUT2D eigenvalue weighted by Gasteiger charge is -2.39. The van der Waals surface area contributed by atoms with Gasteiger partial charge in [-0.3, -0.25) is 0 Å². The molecule has 0 atom stereocenters. The molecule has 2 heterocycles. The lowest BCUT2D eigenvalue weighted by atomic mass is 9.84. The Morgan fingerprint density at radius 1 is 1.20 bits per heavy atom. The maximum atomic E-state index is 11.8. The van der Waals surface area contributed by atoms with Gasteiger partial charge >= 0.3 is 0 Å². The molecule has 6 nitrogen and oxygen atoms in total. The first kappa shape index (κ1) is 18.1. The summed E-state index contributed by atoms with van der Waals surface area (Å²) in [5, 5.41) is 11.5. The normalized spacial score (nSPS) is 17.5. The number of anilines is 1. The third kappa shape index (κ3) is 3.64. The van der Waals surface area contributed by atoms with Crippen molar-refractivity contribution in [2.45, 2.75) is 23.3 Å². The van der Waals surface area contributed by atoms with Crippen LogP contribution in [0.1, 0.15) is 18.4 Å². The van der Waals surface area contributed by atoms with Crippen LogP contribution in [0.2, 0.25) is 5.02 Å². The first-order chi connectivity index (χ1) is 11.9. The maximum Gasteiger partial charge on any atom is 0.241 e. The van der Waals surface area contributed by atoms with E-state index >= 15 is 0 Å². The van der Waals surface area contributed by atoms with Crippen LogP contribution in [0.4, 0.5) is 5.82 Å². The number of aliphatic hydroxyl groups is 1. The molecule has 1 aliphatic heterocycles. The molecule has 0 saturated carbocycles. The average molecular weight is 382 g/mol. The minimum atomic E-state index is -3.49. The summed E-state index contributed by atoms with van der Waals surface area (Å²) in [5.41, 5.74) is -0.204.